The van der Waals surface area contributed by atoms with Crippen LogP contribution in [-0.2, 0) is 14.3 Å². The van der Waals surface area contributed by atoms with Gasteiger partial charge in [-0.2, -0.15) is 0 Å². The third-order valence-corrected chi connectivity index (χ3v) is 10.0. The second-order valence-electron chi connectivity index (χ2n) is 6.80. The second kappa shape index (κ2) is 5.46. The van der Waals surface area contributed by atoms with Gasteiger partial charge in [-0.1, -0.05) is 33.9 Å². The van der Waals surface area contributed by atoms with Crippen molar-refractivity contribution in [3.8, 4) is 0 Å². The van der Waals surface area contributed by atoms with Gasteiger partial charge in [-0.05, 0) is 5.04 Å². The summed E-state index contributed by atoms with van der Waals surface area (Å²) < 4.78 is 6.12. The van der Waals surface area contributed by atoms with Gasteiger partial charge in [0.2, 0.25) is 5.91 Å². The van der Waals surface area contributed by atoms with Crippen LogP contribution in [0.25, 0.3) is 0 Å². The molecule has 20 heavy (non-hydrogen) atoms. The molecule has 0 saturated carbocycles. The third-order valence-electron chi connectivity index (χ3n) is 4.58. The normalized spacial score (nSPS) is 23.1. The van der Waals surface area contributed by atoms with Crippen LogP contribution in [0.2, 0.25) is 18.1 Å². The summed E-state index contributed by atoms with van der Waals surface area (Å²) in [5, 5.41) is 19.8. The zero-order chi connectivity index (χ0) is 15.9. The summed E-state index contributed by atoms with van der Waals surface area (Å²) in [5.41, 5.74) is 0. The molecule has 1 rings (SSSR count). The molecule has 7 heteroatoms. The van der Waals surface area contributed by atoms with Crippen LogP contribution >= 0.6 is 0 Å². The molecule has 0 bridgehead atoms. The zero-order valence-corrected chi connectivity index (χ0v) is 14.0. The average molecular weight is 303 g/mol. The molecule has 116 valence electrons. The van der Waals surface area contributed by atoms with E-state index in [4.69, 9.17) is 0 Å². The van der Waals surface area contributed by atoms with Crippen molar-refractivity contribution in [1.29, 1.82) is 0 Å². The number of nitrogens with zero attached hydrogens (tertiary/aromatic N) is 1. The van der Waals surface area contributed by atoms with E-state index in [9.17, 15) is 19.8 Å². The van der Waals surface area contributed by atoms with Gasteiger partial charge in [-0.15, -0.1) is 0 Å². The molecule has 0 radical (unpaired) electrons. The molecule has 0 unspecified atom stereocenters. The number of esters is 1. The number of hydrogen-bond acceptors (Lipinski definition) is 5. The van der Waals surface area contributed by atoms with Gasteiger partial charge < -0.3 is 19.5 Å². The molecule has 1 amide bonds. The van der Waals surface area contributed by atoms with Gasteiger partial charge in [0.05, 0.1) is 13.2 Å². The van der Waals surface area contributed by atoms with Gasteiger partial charge in [0.1, 0.15) is 6.10 Å². The highest BCUT2D eigenvalue weighted by molar-refractivity contribution is 6.80. The zero-order valence-electron chi connectivity index (χ0n) is 13.0. The van der Waals surface area contributed by atoms with Crippen molar-refractivity contribution in [2.45, 2.75) is 63.6 Å². The number of rotatable bonds is 4. The lowest BCUT2D eigenvalue weighted by molar-refractivity contribution is -0.165. The Kier molecular flexibility index (Phi) is 4.67. The van der Waals surface area contributed by atoms with Crippen molar-refractivity contribution in [2.24, 2.45) is 0 Å². The Labute approximate surface area is 120 Å². The minimum atomic E-state index is -2.14. The molecule has 6 nitrogen and oxygen atoms in total. The third kappa shape index (κ3) is 2.75. The van der Waals surface area contributed by atoms with Crippen LogP contribution in [0, 0.1) is 0 Å². The predicted molar refractivity (Wildman–Crippen MR) is 76.5 cm³/mol. The van der Waals surface area contributed by atoms with Crippen LogP contribution < -0.4 is 0 Å². The summed E-state index contributed by atoms with van der Waals surface area (Å²) in [6, 6.07) is -0.516. The van der Waals surface area contributed by atoms with E-state index in [1.54, 1.807) is 4.57 Å². The Hall–Kier alpha value is -0.923. The fourth-order valence-corrected chi connectivity index (χ4v) is 4.78. The first-order valence-electron chi connectivity index (χ1n) is 6.71. The topological polar surface area (TPSA) is 87.1 Å². The number of carbonyl (C=O) groups is 2. The van der Waals surface area contributed by atoms with E-state index < -0.39 is 32.5 Å². The molecular formula is C13H25NO5Si. The van der Waals surface area contributed by atoms with Gasteiger partial charge in [-0.3, -0.25) is 4.79 Å². The van der Waals surface area contributed by atoms with E-state index >= 15 is 0 Å². The van der Waals surface area contributed by atoms with Crippen LogP contribution in [0.1, 0.15) is 27.2 Å². The first kappa shape index (κ1) is 17.1. The molecule has 1 saturated heterocycles. The van der Waals surface area contributed by atoms with E-state index in [1.165, 1.54) is 0 Å². The van der Waals surface area contributed by atoms with Crippen LogP contribution in [0.4, 0.5) is 0 Å². The van der Waals surface area contributed by atoms with Gasteiger partial charge in [-0.25, -0.2) is 4.79 Å². The summed E-state index contributed by atoms with van der Waals surface area (Å²) in [5.74, 6) is -0.912. The van der Waals surface area contributed by atoms with Gasteiger partial charge >= 0.3 is 5.97 Å². The highest BCUT2D eigenvalue weighted by Gasteiger charge is 2.55. The minimum Gasteiger partial charge on any atom is -0.467 e. The van der Waals surface area contributed by atoms with Crippen LogP contribution in [0.15, 0.2) is 0 Å². The number of amides is 1. The molecular weight excluding hydrogens is 278 g/mol. The summed E-state index contributed by atoms with van der Waals surface area (Å²) in [6.45, 7) is 10.3. The van der Waals surface area contributed by atoms with Crippen molar-refractivity contribution < 1.29 is 24.5 Å². The number of hydrogen-bond donors (Lipinski definition) is 2. The van der Waals surface area contributed by atoms with Crippen molar-refractivity contribution in [3.63, 3.8) is 0 Å². The van der Waals surface area contributed by atoms with Gasteiger partial charge in [0.15, 0.2) is 14.3 Å². The summed E-state index contributed by atoms with van der Waals surface area (Å²) in [6.07, 6.45) is -2.78. The predicted octanol–water partition coefficient (Wildman–Crippen LogP) is 0.487. The molecule has 0 aliphatic carbocycles. The number of aliphatic hydroxyl groups excluding tert-OH is 2. The molecule has 1 heterocycles. The fraction of sp³-hybridized carbons (Fsp3) is 0.846. The molecule has 0 aromatic heterocycles. The largest absolute Gasteiger partial charge is 0.467 e. The maximum absolute atomic E-state index is 12.0. The molecule has 0 spiro atoms. The quantitative estimate of drug-likeness (QED) is 0.448. The standard InChI is InChI=1S/C13H25NO5Si/c1-13(2,3)20(5,6)14-8(7-9(14)15)10(16)11(17)12(18)19-4/h8,10-11,16-17H,7H2,1-6H3/t8-,10+,11-/m0/s1. The Bertz CT molecular complexity index is 404. The van der Waals surface area contributed by atoms with E-state index in [1.807, 2.05) is 13.1 Å². The Balaban J connectivity index is 2.94. The molecule has 0 aromatic rings. The molecule has 0 aromatic carbocycles. The maximum atomic E-state index is 12.0. The van der Waals surface area contributed by atoms with Crippen LogP contribution in [0.5, 0.6) is 0 Å². The number of methoxy groups -OCH3 is 1. The monoisotopic (exact) mass is 303 g/mol. The molecule has 2 N–H and O–H groups in total. The Morgan fingerprint density at radius 2 is 1.90 bits per heavy atom. The summed E-state index contributed by atoms with van der Waals surface area (Å²) >= 11 is 0. The number of β-lactam (4-membered cyclic amide) rings is 1. The van der Waals surface area contributed by atoms with E-state index in [-0.39, 0.29) is 17.4 Å². The Morgan fingerprint density at radius 3 is 2.25 bits per heavy atom. The fourth-order valence-electron chi connectivity index (χ4n) is 2.27. The van der Waals surface area contributed by atoms with Crippen LogP contribution in [-0.4, -0.2) is 60.3 Å². The highest BCUT2D eigenvalue weighted by Crippen LogP contribution is 2.43. The average Bonchev–Trinajstić information content (AvgIpc) is 2.30. The first-order chi connectivity index (χ1) is 8.95. The second-order valence-corrected chi connectivity index (χ2v) is 11.9. The van der Waals surface area contributed by atoms with Gasteiger partial charge in [0, 0.05) is 6.42 Å². The van der Waals surface area contributed by atoms with E-state index in [2.05, 4.69) is 25.5 Å². The van der Waals surface area contributed by atoms with Crippen molar-refractivity contribution in [2.75, 3.05) is 7.11 Å². The van der Waals surface area contributed by atoms with E-state index in [0.717, 1.165) is 7.11 Å². The molecule has 1 aliphatic heterocycles. The first-order valence-corrected chi connectivity index (χ1v) is 9.66. The molecule has 1 fully saturated rings. The number of carbonyl (C=O) groups excluding carboxylic acids is 2. The Morgan fingerprint density at radius 1 is 1.40 bits per heavy atom. The minimum absolute atomic E-state index is 0.0299. The van der Waals surface area contributed by atoms with Gasteiger partial charge in [0.25, 0.3) is 0 Å². The SMILES string of the molecule is COC(=O)[C@@H](O)[C@H](O)[C@@H]1CC(=O)N1[Si](C)(C)C(C)(C)C. The smallest absolute Gasteiger partial charge is 0.337 e. The summed E-state index contributed by atoms with van der Waals surface area (Å²) in [4.78, 5) is 23.3. The number of ether oxygens (including phenoxy) is 1. The lowest BCUT2D eigenvalue weighted by Crippen LogP contribution is -2.72. The molecule has 3 atom stereocenters. The van der Waals surface area contributed by atoms with Crippen molar-refractivity contribution in [1.82, 2.24) is 4.57 Å². The highest BCUT2D eigenvalue weighted by atomic mass is 28.3. The van der Waals surface area contributed by atoms with Crippen molar-refractivity contribution >= 4 is 20.1 Å². The molecule has 1 aliphatic rings. The van der Waals surface area contributed by atoms with Crippen LogP contribution in [0.3, 0.4) is 0 Å². The maximum Gasteiger partial charge on any atom is 0.337 e. The van der Waals surface area contributed by atoms with E-state index in [0.29, 0.717) is 0 Å². The number of aliphatic hydroxyl groups is 2. The lowest BCUT2D eigenvalue weighted by Gasteiger charge is -2.56. The van der Waals surface area contributed by atoms with Crippen molar-refractivity contribution in [3.05, 3.63) is 0 Å². The lowest BCUT2D eigenvalue weighted by atomic mass is 9.96. The summed E-state index contributed by atoms with van der Waals surface area (Å²) in [7, 11) is -0.992.